The summed E-state index contributed by atoms with van der Waals surface area (Å²) in [6.07, 6.45) is 4.13. The first kappa shape index (κ1) is 10.4. The quantitative estimate of drug-likeness (QED) is 0.700. The Kier molecular flexibility index (Phi) is 3.10. The zero-order valence-electron chi connectivity index (χ0n) is 9.45. The molecule has 3 nitrogen and oxygen atoms in total. The van der Waals surface area contributed by atoms with Crippen molar-refractivity contribution in [1.29, 1.82) is 0 Å². The maximum absolute atomic E-state index is 5.85. The fourth-order valence-corrected chi connectivity index (χ4v) is 2.95. The minimum atomic E-state index is 0.317. The highest BCUT2D eigenvalue weighted by Crippen LogP contribution is 2.28. The second kappa shape index (κ2) is 4.17. The van der Waals surface area contributed by atoms with Crippen LogP contribution in [0.3, 0.4) is 0 Å². The van der Waals surface area contributed by atoms with Gasteiger partial charge in [-0.05, 0) is 39.8 Å². The fraction of sp³-hybridized carbons (Fsp3) is 1.00. The molecule has 2 bridgehead atoms. The Labute approximate surface area is 87.2 Å². The Bertz CT molecular complexity index is 193. The summed E-state index contributed by atoms with van der Waals surface area (Å²) in [7, 11) is 2.29. The Balaban J connectivity index is 1.93. The maximum atomic E-state index is 5.85. The number of likely N-dealkylation sites (tertiary alicyclic amines) is 1. The molecule has 3 atom stereocenters. The summed E-state index contributed by atoms with van der Waals surface area (Å²) in [5, 5.41) is 0. The molecule has 2 N–H and O–H groups in total. The third kappa shape index (κ3) is 2.10. The van der Waals surface area contributed by atoms with Crippen LogP contribution in [-0.2, 0) is 0 Å². The number of hydrogen-bond acceptors (Lipinski definition) is 3. The molecule has 0 spiro atoms. The largest absolute Gasteiger partial charge is 0.327 e. The summed E-state index contributed by atoms with van der Waals surface area (Å²) in [6, 6.07) is 1.95. The maximum Gasteiger partial charge on any atom is 0.0223 e. The van der Waals surface area contributed by atoms with Gasteiger partial charge in [0.2, 0.25) is 0 Å². The van der Waals surface area contributed by atoms with Crippen LogP contribution in [-0.4, -0.2) is 54.6 Å². The smallest absolute Gasteiger partial charge is 0.0223 e. The van der Waals surface area contributed by atoms with E-state index in [9.17, 15) is 0 Å². The van der Waals surface area contributed by atoms with Crippen molar-refractivity contribution in [2.75, 3.05) is 26.7 Å². The van der Waals surface area contributed by atoms with Crippen molar-refractivity contribution in [1.82, 2.24) is 9.80 Å². The average Bonchev–Trinajstić information content (AvgIpc) is 2.33. The molecule has 0 aliphatic carbocycles. The Morgan fingerprint density at radius 2 is 2.00 bits per heavy atom. The van der Waals surface area contributed by atoms with Crippen molar-refractivity contribution >= 4 is 0 Å². The topological polar surface area (TPSA) is 32.5 Å². The molecule has 2 rings (SSSR count). The molecule has 2 saturated heterocycles. The number of likely N-dealkylation sites (N-methyl/N-ethyl adjacent to an activating group) is 1. The van der Waals surface area contributed by atoms with Crippen LogP contribution in [0, 0.1) is 0 Å². The molecule has 82 valence electrons. The van der Waals surface area contributed by atoms with E-state index in [1.165, 1.54) is 32.4 Å². The summed E-state index contributed by atoms with van der Waals surface area (Å²) < 4.78 is 0. The van der Waals surface area contributed by atoms with Gasteiger partial charge in [-0.2, -0.15) is 0 Å². The number of hydrogen-bond donors (Lipinski definition) is 1. The van der Waals surface area contributed by atoms with E-state index in [0.717, 1.165) is 18.6 Å². The lowest BCUT2D eigenvalue weighted by Gasteiger charge is -2.26. The van der Waals surface area contributed by atoms with Crippen LogP contribution in [0.15, 0.2) is 0 Å². The zero-order chi connectivity index (χ0) is 10.1. The SMILES string of the molecule is C[C@H](N)CN1CCC2CCC(C1)N2C. The van der Waals surface area contributed by atoms with E-state index in [1.807, 2.05) is 0 Å². The van der Waals surface area contributed by atoms with E-state index in [4.69, 9.17) is 5.73 Å². The molecule has 2 fully saturated rings. The van der Waals surface area contributed by atoms with Crippen LogP contribution < -0.4 is 5.73 Å². The lowest BCUT2D eigenvalue weighted by Crippen LogP contribution is -2.41. The highest BCUT2D eigenvalue weighted by atomic mass is 15.3. The molecular weight excluding hydrogens is 174 g/mol. The lowest BCUT2D eigenvalue weighted by molar-refractivity contribution is 0.214. The highest BCUT2D eigenvalue weighted by Gasteiger charge is 2.34. The van der Waals surface area contributed by atoms with Crippen LogP contribution in [0.1, 0.15) is 26.2 Å². The fourth-order valence-electron chi connectivity index (χ4n) is 2.95. The minimum Gasteiger partial charge on any atom is -0.327 e. The predicted octanol–water partition coefficient (Wildman–Crippen LogP) is 0.502. The molecule has 3 heteroatoms. The number of rotatable bonds is 2. The van der Waals surface area contributed by atoms with Gasteiger partial charge in [0.05, 0.1) is 0 Å². The molecule has 2 aliphatic rings. The molecule has 14 heavy (non-hydrogen) atoms. The number of nitrogens with zero attached hydrogens (tertiary/aromatic N) is 2. The molecule has 0 aromatic carbocycles. The molecule has 0 saturated carbocycles. The van der Waals surface area contributed by atoms with Crippen molar-refractivity contribution in [3.8, 4) is 0 Å². The van der Waals surface area contributed by atoms with E-state index in [2.05, 4.69) is 23.8 Å². The summed E-state index contributed by atoms with van der Waals surface area (Å²) in [6.45, 7) is 5.64. The van der Waals surface area contributed by atoms with E-state index in [-0.39, 0.29) is 0 Å². The first-order valence-corrected chi connectivity index (χ1v) is 5.86. The van der Waals surface area contributed by atoms with Crippen LogP contribution in [0.2, 0.25) is 0 Å². The standard InChI is InChI=1S/C11H23N3/c1-9(12)7-14-6-5-10-3-4-11(8-14)13(10)2/h9-11H,3-8,12H2,1-2H3/t9-,10?,11?/m0/s1. The van der Waals surface area contributed by atoms with Gasteiger partial charge in [0.15, 0.2) is 0 Å². The van der Waals surface area contributed by atoms with Gasteiger partial charge in [-0.3, -0.25) is 4.90 Å². The average molecular weight is 197 g/mol. The molecule has 0 amide bonds. The van der Waals surface area contributed by atoms with Crippen LogP contribution >= 0.6 is 0 Å². The van der Waals surface area contributed by atoms with Crippen molar-refractivity contribution in [3.63, 3.8) is 0 Å². The van der Waals surface area contributed by atoms with Gasteiger partial charge in [0, 0.05) is 31.2 Å². The zero-order valence-corrected chi connectivity index (χ0v) is 9.45. The molecular formula is C11H23N3. The summed E-state index contributed by atoms with van der Waals surface area (Å²) >= 11 is 0. The Hall–Kier alpha value is -0.120. The van der Waals surface area contributed by atoms with Gasteiger partial charge in [-0.1, -0.05) is 0 Å². The van der Waals surface area contributed by atoms with Crippen molar-refractivity contribution in [2.24, 2.45) is 5.73 Å². The van der Waals surface area contributed by atoms with Gasteiger partial charge < -0.3 is 10.6 Å². The van der Waals surface area contributed by atoms with E-state index in [1.54, 1.807) is 0 Å². The van der Waals surface area contributed by atoms with E-state index in [0.29, 0.717) is 6.04 Å². The first-order chi connectivity index (χ1) is 6.66. The third-order valence-electron chi connectivity index (χ3n) is 3.78. The van der Waals surface area contributed by atoms with Crippen molar-refractivity contribution in [2.45, 2.75) is 44.3 Å². The van der Waals surface area contributed by atoms with Gasteiger partial charge in [0.25, 0.3) is 0 Å². The van der Waals surface area contributed by atoms with E-state index >= 15 is 0 Å². The highest BCUT2D eigenvalue weighted by molar-refractivity contribution is 4.91. The first-order valence-electron chi connectivity index (χ1n) is 5.86. The van der Waals surface area contributed by atoms with Gasteiger partial charge in [-0.25, -0.2) is 0 Å². The van der Waals surface area contributed by atoms with Crippen LogP contribution in [0.5, 0.6) is 0 Å². The molecule has 2 heterocycles. The Morgan fingerprint density at radius 1 is 1.29 bits per heavy atom. The van der Waals surface area contributed by atoms with Gasteiger partial charge in [-0.15, -0.1) is 0 Å². The normalized spacial score (nSPS) is 37.1. The molecule has 0 aromatic heterocycles. The minimum absolute atomic E-state index is 0.317. The molecule has 0 radical (unpaired) electrons. The number of fused-ring (bicyclic) bond motifs is 2. The van der Waals surface area contributed by atoms with E-state index < -0.39 is 0 Å². The summed E-state index contributed by atoms with van der Waals surface area (Å²) in [5.41, 5.74) is 5.85. The van der Waals surface area contributed by atoms with Crippen LogP contribution in [0.25, 0.3) is 0 Å². The summed E-state index contributed by atoms with van der Waals surface area (Å²) in [4.78, 5) is 5.13. The number of nitrogens with two attached hydrogens (primary N) is 1. The van der Waals surface area contributed by atoms with Crippen LogP contribution in [0.4, 0.5) is 0 Å². The molecule has 0 aromatic rings. The lowest BCUT2D eigenvalue weighted by atomic mass is 10.1. The third-order valence-corrected chi connectivity index (χ3v) is 3.78. The monoisotopic (exact) mass is 197 g/mol. The molecule has 2 unspecified atom stereocenters. The summed E-state index contributed by atoms with van der Waals surface area (Å²) in [5.74, 6) is 0. The molecule has 2 aliphatic heterocycles. The Morgan fingerprint density at radius 3 is 2.71 bits per heavy atom. The van der Waals surface area contributed by atoms with Gasteiger partial charge >= 0.3 is 0 Å². The second-order valence-corrected chi connectivity index (χ2v) is 5.08. The van der Waals surface area contributed by atoms with Crippen molar-refractivity contribution in [3.05, 3.63) is 0 Å². The van der Waals surface area contributed by atoms with Gasteiger partial charge in [0.1, 0.15) is 0 Å². The van der Waals surface area contributed by atoms with Crippen molar-refractivity contribution < 1.29 is 0 Å². The predicted molar refractivity (Wildman–Crippen MR) is 59.3 cm³/mol. The second-order valence-electron chi connectivity index (χ2n) is 5.08.